The molecule has 0 aliphatic heterocycles. The molecule has 0 aliphatic rings. The Morgan fingerprint density at radius 3 is 2.44 bits per heavy atom. The molecular weight excluding hydrogens is 430 g/mol. The number of nitrogens with zero attached hydrogens (tertiary/aromatic N) is 2. The minimum absolute atomic E-state index is 0.0796. The number of ether oxygens (including phenoxy) is 1. The van der Waals surface area contributed by atoms with Crippen molar-refractivity contribution in [2.75, 3.05) is 13.2 Å². The van der Waals surface area contributed by atoms with Crippen LogP contribution < -0.4 is 15.6 Å². The summed E-state index contributed by atoms with van der Waals surface area (Å²) in [5, 5.41) is 14.1. The maximum atomic E-state index is 13.4. The first kappa shape index (κ1) is 23.6. The van der Waals surface area contributed by atoms with Crippen LogP contribution >= 0.6 is 11.6 Å². The second-order valence-electron chi connectivity index (χ2n) is 8.91. The number of phenolic OH excluding ortho intramolecular Hbond substituents is 1. The molecule has 0 fully saturated rings. The highest BCUT2D eigenvalue weighted by atomic mass is 35.5. The molecule has 1 heterocycles. The standard InChI is InChI=1S/C24H28ClN3O4/c1-14(2)21-27-19-17(22(30)28(21)16-8-6-15(25)7-9-16)10-11-18(29)20(19)32-13-12-26-23(31)24(3,4)5/h6-11,14,29H,12-13H2,1-5H3,(H,26,31). The smallest absolute Gasteiger partial charge is 0.266 e. The van der Waals surface area contributed by atoms with E-state index in [1.165, 1.54) is 12.1 Å². The molecule has 1 aromatic heterocycles. The van der Waals surface area contributed by atoms with Crippen molar-refractivity contribution in [3.8, 4) is 17.2 Å². The number of halogens is 1. The number of rotatable bonds is 6. The lowest BCUT2D eigenvalue weighted by Crippen LogP contribution is -2.37. The first-order chi connectivity index (χ1) is 15.0. The van der Waals surface area contributed by atoms with Gasteiger partial charge in [-0.15, -0.1) is 0 Å². The highest BCUT2D eigenvalue weighted by Crippen LogP contribution is 2.33. The van der Waals surface area contributed by atoms with Crippen molar-refractivity contribution in [1.29, 1.82) is 0 Å². The van der Waals surface area contributed by atoms with Gasteiger partial charge in [0.05, 0.1) is 17.6 Å². The molecule has 1 amide bonds. The van der Waals surface area contributed by atoms with E-state index in [1.54, 1.807) is 28.8 Å². The summed E-state index contributed by atoms with van der Waals surface area (Å²) in [6.07, 6.45) is 0. The molecule has 0 bridgehead atoms. The van der Waals surface area contributed by atoms with Gasteiger partial charge in [-0.25, -0.2) is 4.98 Å². The molecule has 0 radical (unpaired) electrons. The number of amides is 1. The normalized spacial score (nSPS) is 11.7. The molecule has 8 heteroatoms. The number of aromatic nitrogens is 2. The second-order valence-corrected chi connectivity index (χ2v) is 9.34. The van der Waals surface area contributed by atoms with Crippen molar-refractivity contribution in [3.63, 3.8) is 0 Å². The zero-order chi connectivity index (χ0) is 23.6. The van der Waals surface area contributed by atoms with Gasteiger partial charge in [0, 0.05) is 16.4 Å². The van der Waals surface area contributed by atoms with Crippen molar-refractivity contribution >= 4 is 28.4 Å². The Labute approximate surface area is 192 Å². The quantitative estimate of drug-likeness (QED) is 0.535. The van der Waals surface area contributed by atoms with Crippen LogP contribution in [-0.2, 0) is 4.79 Å². The van der Waals surface area contributed by atoms with Crippen molar-refractivity contribution in [1.82, 2.24) is 14.9 Å². The largest absolute Gasteiger partial charge is 0.504 e. The van der Waals surface area contributed by atoms with Crippen LogP contribution in [0.1, 0.15) is 46.4 Å². The van der Waals surface area contributed by atoms with Crippen LogP contribution in [0, 0.1) is 5.41 Å². The summed E-state index contributed by atoms with van der Waals surface area (Å²) in [4.78, 5) is 30.2. The number of aromatic hydroxyl groups is 1. The first-order valence-electron chi connectivity index (χ1n) is 10.5. The van der Waals surface area contributed by atoms with Crippen molar-refractivity contribution in [2.45, 2.75) is 40.5 Å². The lowest BCUT2D eigenvalue weighted by Gasteiger charge is -2.19. The summed E-state index contributed by atoms with van der Waals surface area (Å²) in [5.41, 5.74) is 0.151. The van der Waals surface area contributed by atoms with Gasteiger partial charge in [-0.2, -0.15) is 0 Å². The molecule has 170 valence electrons. The first-order valence-corrected chi connectivity index (χ1v) is 10.8. The van der Waals surface area contributed by atoms with E-state index in [1.807, 2.05) is 34.6 Å². The molecular formula is C24H28ClN3O4. The third-order valence-electron chi connectivity index (χ3n) is 4.92. The molecule has 3 rings (SSSR count). The van der Waals surface area contributed by atoms with Crippen LogP contribution in [-0.4, -0.2) is 33.7 Å². The Morgan fingerprint density at radius 2 is 1.84 bits per heavy atom. The van der Waals surface area contributed by atoms with Gasteiger partial charge in [-0.1, -0.05) is 46.2 Å². The maximum Gasteiger partial charge on any atom is 0.266 e. The van der Waals surface area contributed by atoms with Crippen LogP contribution in [0.4, 0.5) is 0 Å². The number of carbonyl (C=O) groups excluding carboxylic acids is 1. The highest BCUT2D eigenvalue weighted by molar-refractivity contribution is 6.30. The van der Waals surface area contributed by atoms with Crippen molar-refractivity contribution < 1.29 is 14.6 Å². The number of benzene rings is 2. The topological polar surface area (TPSA) is 93.5 Å². The summed E-state index contributed by atoms with van der Waals surface area (Å²) >= 11 is 6.01. The Morgan fingerprint density at radius 1 is 1.19 bits per heavy atom. The predicted molar refractivity (Wildman–Crippen MR) is 126 cm³/mol. The number of nitrogens with one attached hydrogen (secondary N) is 1. The lowest BCUT2D eigenvalue weighted by atomic mass is 9.96. The van der Waals surface area contributed by atoms with Crippen molar-refractivity contribution in [3.05, 3.63) is 57.6 Å². The van der Waals surface area contributed by atoms with E-state index in [4.69, 9.17) is 21.3 Å². The summed E-state index contributed by atoms with van der Waals surface area (Å²) < 4.78 is 7.32. The third-order valence-corrected chi connectivity index (χ3v) is 5.17. The number of phenols is 1. The van der Waals surface area contributed by atoms with Gasteiger partial charge in [0.2, 0.25) is 5.91 Å². The molecule has 0 saturated carbocycles. The maximum absolute atomic E-state index is 13.4. The highest BCUT2D eigenvalue weighted by Gasteiger charge is 2.22. The molecule has 32 heavy (non-hydrogen) atoms. The predicted octanol–water partition coefficient (Wildman–Crippen LogP) is 4.41. The van der Waals surface area contributed by atoms with Gasteiger partial charge in [0.15, 0.2) is 11.5 Å². The van der Waals surface area contributed by atoms with E-state index in [2.05, 4.69) is 5.32 Å². The van der Waals surface area contributed by atoms with E-state index in [0.29, 0.717) is 21.9 Å². The van der Waals surface area contributed by atoms with E-state index in [9.17, 15) is 14.7 Å². The van der Waals surface area contributed by atoms with Gasteiger partial charge in [0.25, 0.3) is 5.56 Å². The lowest BCUT2D eigenvalue weighted by molar-refractivity contribution is -0.128. The monoisotopic (exact) mass is 457 g/mol. The Bertz CT molecular complexity index is 1200. The van der Waals surface area contributed by atoms with Crippen LogP contribution in [0.2, 0.25) is 5.02 Å². The number of hydrogen-bond donors (Lipinski definition) is 2. The Balaban J connectivity index is 2.02. The Kier molecular flexibility index (Phi) is 6.79. The second kappa shape index (κ2) is 9.20. The minimum atomic E-state index is -0.512. The molecule has 0 aliphatic carbocycles. The van der Waals surface area contributed by atoms with E-state index in [-0.39, 0.29) is 47.6 Å². The fraction of sp³-hybridized carbons (Fsp3) is 0.375. The van der Waals surface area contributed by atoms with Crippen LogP contribution in [0.3, 0.4) is 0 Å². The summed E-state index contributed by atoms with van der Waals surface area (Å²) in [7, 11) is 0. The summed E-state index contributed by atoms with van der Waals surface area (Å²) in [6, 6.07) is 9.90. The SMILES string of the molecule is CC(C)c1nc2c(OCCNC(=O)C(C)(C)C)c(O)ccc2c(=O)n1-c1ccc(Cl)cc1. The summed E-state index contributed by atoms with van der Waals surface area (Å²) in [6.45, 7) is 9.71. The molecule has 0 saturated heterocycles. The molecule has 7 nitrogen and oxygen atoms in total. The fourth-order valence-corrected chi connectivity index (χ4v) is 3.31. The van der Waals surface area contributed by atoms with Gasteiger partial charge < -0.3 is 15.2 Å². The molecule has 2 aromatic carbocycles. The third kappa shape index (κ3) is 4.88. The summed E-state index contributed by atoms with van der Waals surface area (Å²) in [5.74, 6) is 0.347. The zero-order valence-electron chi connectivity index (χ0n) is 18.9. The van der Waals surface area contributed by atoms with E-state index in [0.717, 1.165) is 0 Å². The average Bonchev–Trinajstić information content (AvgIpc) is 2.72. The van der Waals surface area contributed by atoms with Crippen LogP contribution in [0.5, 0.6) is 11.5 Å². The van der Waals surface area contributed by atoms with E-state index >= 15 is 0 Å². The van der Waals surface area contributed by atoms with E-state index < -0.39 is 5.41 Å². The average molecular weight is 458 g/mol. The molecule has 2 N–H and O–H groups in total. The molecule has 0 spiro atoms. The van der Waals surface area contributed by atoms with Crippen molar-refractivity contribution in [2.24, 2.45) is 5.41 Å². The molecule has 0 atom stereocenters. The fourth-order valence-electron chi connectivity index (χ4n) is 3.19. The van der Waals surface area contributed by atoms with Crippen LogP contribution in [0.25, 0.3) is 16.6 Å². The van der Waals surface area contributed by atoms with Gasteiger partial charge >= 0.3 is 0 Å². The number of fused-ring (bicyclic) bond motifs is 1. The van der Waals surface area contributed by atoms with Gasteiger partial charge in [-0.05, 0) is 36.4 Å². The zero-order valence-corrected chi connectivity index (χ0v) is 19.7. The van der Waals surface area contributed by atoms with Crippen LogP contribution in [0.15, 0.2) is 41.2 Å². The number of carbonyl (C=O) groups is 1. The van der Waals surface area contributed by atoms with Gasteiger partial charge in [0.1, 0.15) is 17.9 Å². The number of hydrogen-bond acceptors (Lipinski definition) is 5. The minimum Gasteiger partial charge on any atom is -0.504 e. The van der Waals surface area contributed by atoms with Gasteiger partial charge in [-0.3, -0.25) is 14.2 Å². The Hall–Kier alpha value is -3.06. The molecule has 0 unspecified atom stereocenters. The molecule has 3 aromatic rings.